The minimum atomic E-state index is -3.96. The van der Waals surface area contributed by atoms with Gasteiger partial charge < -0.3 is 10.1 Å². The number of rotatable bonds is 14. The zero-order chi connectivity index (χ0) is 26.7. The van der Waals surface area contributed by atoms with Crippen LogP contribution in [0.2, 0.25) is 5.02 Å². The first-order chi connectivity index (χ1) is 17.8. The molecule has 0 spiro atoms. The second-order valence-corrected chi connectivity index (χ2v) is 12.3. The van der Waals surface area contributed by atoms with E-state index < -0.39 is 10.0 Å². The molecule has 0 aliphatic carbocycles. The Balaban J connectivity index is 1.62. The Kier molecular flexibility index (Phi) is 11.5. The second kappa shape index (κ2) is 14.6. The van der Waals surface area contributed by atoms with E-state index in [0.29, 0.717) is 24.6 Å². The molecule has 0 atom stereocenters. The third-order valence-electron chi connectivity index (χ3n) is 5.34. The van der Waals surface area contributed by atoms with Crippen LogP contribution in [0.5, 0.6) is 5.75 Å². The molecule has 0 aromatic heterocycles. The summed E-state index contributed by atoms with van der Waals surface area (Å²) in [6.45, 7) is 2.53. The van der Waals surface area contributed by atoms with Crippen LogP contribution in [0.15, 0.2) is 82.6 Å². The van der Waals surface area contributed by atoms with Crippen molar-refractivity contribution >= 4 is 56.7 Å². The summed E-state index contributed by atoms with van der Waals surface area (Å²) in [7, 11) is -3.96. The monoisotopic (exact) mass is 578 g/mol. The SMILES string of the molecule is CCOc1ccc(N(CC(=O)NCCCSCc2ccc(Cl)cc2)S(=O)(=O)c2ccc(SC)cc2)cc1. The molecule has 0 aliphatic heterocycles. The van der Waals surface area contributed by atoms with Gasteiger partial charge in [-0.3, -0.25) is 9.10 Å². The zero-order valence-corrected chi connectivity index (χ0v) is 24.1. The van der Waals surface area contributed by atoms with Gasteiger partial charge in [0.1, 0.15) is 12.3 Å². The van der Waals surface area contributed by atoms with Crippen LogP contribution in [-0.2, 0) is 20.6 Å². The highest BCUT2D eigenvalue weighted by Gasteiger charge is 2.27. The molecule has 0 unspecified atom stereocenters. The van der Waals surface area contributed by atoms with Crippen molar-refractivity contribution in [3.8, 4) is 5.75 Å². The maximum Gasteiger partial charge on any atom is 0.264 e. The molecule has 0 saturated heterocycles. The minimum Gasteiger partial charge on any atom is -0.494 e. The van der Waals surface area contributed by atoms with Gasteiger partial charge in [0.2, 0.25) is 5.91 Å². The van der Waals surface area contributed by atoms with Gasteiger partial charge in [0, 0.05) is 22.2 Å². The van der Waals surface area contributed by atoms with E-state index in [-0.39, 0.29) is 17.3 Å². The first-order valence-corrected chi connectivity index (χ1v) is 16.0. The van der Waals surface area contributed by atoms with Crippen molar-refractivity contribution in [3.63, 3.8) is 0 Å². The summed E-state index contributed by atoms with van der Waals surface area (Å²) in [6, 6.07) is 21.1. The van der Waals surface area contributed by atoms with Gasteiger partial charge in [0.25, 0.3) is 10.0 Å². The van der Waals surface area contributed by atoms with Crippen LogP contribution >= 0.6 is 35.1 Å². The zero-order valence-electron chi connectivity index (χ0n) is 20.9. The molecule has 37 heavy (non-hydrogen) atoms. The van der Waals surface area contributed by atoms with Crippen molar-refractivity contribution in [2.24, 2.45) is 0 Å². The van der Waals surface area contributed by atoms with Crippen LogP contribution in [0.3, 0.4) is 0 Å². The molecule has 1 N–H and O–H groups in total. The van der Waals surface area contributed by atoms with Gasteiger partial charge >= 0.3 is 0 Å². The number of carbonyl (C=O) groups is 1. The van der Waals surface area contributed by atoms with Gasteiger partial charge in [-0.25, -0.2) is 8.42 Å². The lowest BCUT2D eigenvalue weighted by atomic mass is 10.2. The van der Waals surface area contributed by atoms with E-state index in [1.165, 1.54) is 17.3 Å². The molecule has 3 rings (SSSR count). The van der Waals surface area contributed by atoms with Gasteiger partial charge in [-0.1, -0.05) is 23.7 Å². The number of benzene rings is 3. The number of carbonyl (C=O) groups excluding carboxylic acids is 1. The third kappa shape index (κ3) is 8.88. The summed E-state index contributed by atoms with van der Waals surface area (Å²) in [5, 5.41) is 3.58. The molecular formula is C27H31ClN2O4S3. The number of sulfonamides is 1. The van der Waals surface area contributed by atoms with Crippen LogP contribution in [0.25, 0.3) is 0 Å². The number of anilines is 1. The number of thioether (sulfide) groups is 2. The van der Waals surface area contributed by atoms with Gasteiger partial charge in [-0.05, 0) is 91.6 Å². The minimum absolute atomic E-state index is 0.130. The van der Waals surface area contributed by atoms with Crippen molar-refractivity contribution in [3.05, 3.63) is 83.4 Å². The summed E-state index contributed by atoms with van der Waals surface area (Å²) in [4.78, 5) is 13.9. The summed E-state index contributed by atoms with van der Waals surface area (Å²) in [5.41, 5.74) is 1.59. The number of halogens is 1. The van der Waals surface area contributed by atoms with Gasteiger partial charge in [0.05, 0.1) is 17.2 Å². The fourth-order valence-electron chi connectivity index (χ4n) is 3.42. The number of nitrogens with one attached hydrogen (secondary N) is 1. The lowest BCUT2D eigenvalue weighted by Gasteiger charge is -2.24. The second-order valence-electron chi connectivity index (χ2n) is 8.00. The highest BCUT2D eigenvalue weighted by Crippen LogP contribution is 2.27. The Bertz CT molecular complexity index is 1240. The Morgan fingerprint density at radius 2 is 1.68 bits per heavy atom. The third-order valence-corrected chi connectivity index (χ3v) is 9.24. The standard InChI is InChI=1S/C27H31ClN2O4S3/c1-3-34-24-11-9-23(10-12-24)30(37(32,33)26-15-13-25(35-2)14-16-26)19-27(31)29-17-4-18-36-20-21-5-7-22(28)8-6-21/h5-16H,3-4,17-20H2,1-2H3,(H,29,31). The van der Waals surface area contributed by atoms with E-state index in [1.54, 1.807) is 60.3 Å². The van der Waals surface area contributed by atoms with Crippen molar-refractivity contribution in [1.82, 2.24) is 5.32 Å². The number of nitrogens with zero attached hydrogens (tertiary/aromatic N) is 1. The first kappa shape index (κ1) is 29.2. The molecule has 0 aliphatic rings. The molecule has 10 heteroatoms. The molecule has 6 nitrogen and oxygen atoms in total. The fraction of sp³-hybridized carbons (Fsp3) is 0.296. The number of amides is 1. The predicted molar refractivity (Wildman–Crippen MR) is 156 cm³/mol. The summed E-state index contributed by atoms with van der Waals surface area (Å²) in [5.74, 6) is 2.00. The predicted octanol–water partition coefficient (Wildman–Crippen LogP) is 6.10. The van der Waals surface area contributed by atoms with Crippen LogP contribution in [0.4, 0.5) is 5.69 Å². The average Bonchev–Trinajstić information content (AvgIpc) is 2.91. The Hall–Kier alpha value is -2.33. The maximum atomic E-state index is 13.5. The van der Waals surface area contributed by atoms with Crippen LogP contribution < -0.4 is 14.4 Å². The number of ether oxygens (including phenoxy) is 1. The molecule has 0 bridgehead atoms. The largest absolute Gasteiger partial charge is 0.494 e. The van der Waals surface area contributed by atoms with Crippen LogP contribution in [0, 0.1) is 0 Å². The Morgan fingerprint density at radius 3 is 2.30 bits per heavy atom. The van der Waals surface area contributed by atoms with Gasteiger partial charge in [0.15, 0.2) is 0 Å². The van der Waals surface area contributed by atoms with Crippen LogP contribution in [0.1, 0.15) is 18.9 Å². The van der Waals surface area contributed by atoms with Gasteiger partial charge in [-0.15, -0.1) is 11.8 Å². The van der Waals surface area contributed by atoms with Crippen molar-refractivity contribution < 1.29 is 17.9 Å². The highest BCUT2D eigenvalue weighted by atomic mass is 35.5. The first-order valence-electron chi connectivity index (χ1n) is 11.8. The van der Waals surface area contributed by atoms with Crippen LogP contribution in [-0.4, -0.2) is 46.0 Å². The number of hydrogen-bond donors (Lipinski definition) is 1. The molecule has 3 aromatic rings. The summed E-state index contributed by atoms with van der Waals surface area (Å²) in [6.07, 6.45) is 2.70. The van der Waals surface area contributed by atoms with E-state index in [9.17, 15) is 13.2 Å². The fourth-order valence-corrected chi connectivity index (χ4v) is 6.30. The maximum absolute atomic E-state index is 13.5. The normalized spacial score (nSPS) is 11.2. The highest BCUT2D eigenvalue weighted by molar-refractivity contribution is 7.98. The molecule has 1 amide bonds. The molecule has 198 valence electrons. The van der Waals surface area contributed by atoms with Crippen molar-refractivity contribution in [1.29, 1.82) is 0 Å². The molecule has 3 aromatic carbocycles. The Labute approximate surface area is 233 Å². The molecule has 0 heterocycles. The van der Waals surface area contributed by atoms with Gasteiger partial charge in [-0.2, -0.15) is 11.8 Å². The molecular weight excluding hydrogens is 548 g/mol. The topological polar surface area (TPSA) is 75.7 Å². The van der Waals surface area contributed by atoms with E-state index >= 15 is 0 Å². The Morgan fingerprint density at radius 1 is 1.00 bits per heavy atom. The average molecular weight is 579 g/mol. The quantitative estimate of drug-likeness (QED) is 0.184. The number of hydrogen-bond acceptors (Lipinski definition) is 6. The molecule has 0 saturated carbocycles. The van der Waals surface area contributed by atoms with E-state index in [0.717, 1.165) is 32.1 Å². The molecule has 0 fully saturated rings. The lowest BCUT2D eigenvalue weighted by molar-refractivity contribution is -0.119. The lowest BCUT2D eigenvalue weighted by Crippen LogP contribution is -2.41. The smallest absolute Gasteiger partial charge is 0.264 e. The summed E-state index contributed by atoms with van der Waals surface area (Å²) < 4.78 is 33.7. The van der Waals surface area contributed by atoms with Crippen molar-refractivity contribution in [2.45, 2.75) is 28.9 Å². The summed E-state index contributed by atoms with van der Waals surface area (Å²) >= 11 is 9.22. The van der Waals surface area contributed by atoms with E-state index in [4.69, 9.17) is 16.3 Å². The van der Waals surface area contributed by atoms with E-state index in [1.807, 2.05) is 37.4 Å². The van der Waals surface area contributed by atoms with E-state index in [2.05, 4.69) is 5.32 Å². The molecule has 0 radical (unpaired) electrons. The van der Waals surface area contributed by atoms with Crippen molar-refractivity contribution in [2.75, 3.05) is 36.0 Å².